The van der Waals surface area contributed by atoms with E-state index in [2.05, 4.69) is 194 Å². The van der Waals surface area contributed by atoms with Crippen molar-refractivity contribution in [1.29, 1.82) is 0 Å². The van der Waals surface area contributed by atoms with Gasteiger partial charge in [-0.15, -0.1) is 0 Å². The SMILES string of the molecule is C1=C(c2ccc3oc4c(ccc5c6cc(-c7cccc(-c8cccc(-c9ccccc9)c8)c7)ccc6oc54)c3c2)C=C(c2cccc(-c3ccccc3)c2)CC1. The lowest BCUT2D eigenvalue weighted by Gasteiger charge is -2.16. The minimum atomic E-state index is 0.788. The van der Waals surface area contributed by atoms with E-state index in [1.165, 1.54) is 61.2 Å². The zero-order chi connectivity index (χ0) is 37.0. The van der Waals surface area contributed by atoms with E-state index in [1.807, 2.05) is 0 Å². The van der Waals surface area contributed by atoms with Gasteiger partial charge < -0.3 is 8.83 Å². The number of fused-ring (bicyclic) bond motifs is 7. The Balaban J connectivity index is 0.929. The topological polar surface area (TPSA) is 26.3 Å². The first kappa shape index (κ1) is 32.3. The first-order valence-electron chi connectivity index (χ1n) is 19.4. The highest BCUT2D eigenvalue weighted by atomic mass is 16.4. The van der Waals surface area contributed by atoms with E-state index in [0.29, 0.717) is 0 Å². The Morgan fingerprint density at radius 2 is 0.750 bits per heavy atom. The molecule has 0 spiro atoms. The molecule has 2 aromatic heterocycles. The van der Waals surface area contributed by atoms with E-state index in [1.54, 1.807) is 0 Å². The predicted octanol–water partition coefficient (Wildman–Crippen LogP) is 15.4. The summed E-state index contributed by atoms with van der Waals surface area (Å²) in [5.74, 6) is 0. The molecule has 0 saturated heterocycles. The van der Waals surface area contributed by atoms with Crippen molar-refractivity contribution in [1.82, 2.24) is 0 Å². The van der Waals surface area contributed by atoms with Crippen LogP contribution in [0, 0.1) is 0 Å². The third kappa shape index (κ3) is 5.66. The van der Waals surface area contributed by atoms with Crippen LogP contribution in [0.2, 0.25) is 0 Å². The highest BCUT2D eigenvalue weighted by Crippen LogP contribution is 2.42. The van der Waals surface area contributed by atoms with Crippen molar-refractivity contribution < 1.29 is 8.83 Å². The first-order chi connectivity index (χ1) is 27.7. The second-order valence-corrected chi connectivity index (χ2v) is 14.8. The predicted molar refractivity (Wildman–Crippen MR) is 234 cm³/mol. The summed E-state index contributed by atoms with van der Waals surface area (Å²) in [5, 5.41) is 4.30. The number of furan rings is 2. The standard InChI is InChI=1S/C54H36O2/c1-3-11-35(12-4-1)37-15-7-17-39(29-37)41-19-9-21-43(31-41)45-23-27-51-49(33-45)47-25-26-48-50-34-46(24-28-52(50)56-54(48)53(47)55-51)44-22-10-20-42(32-44)40-18-8-16-38(30-40)36-13-5-2-6-14-36/h1-9,11-19,21-34H,10,20H2. The molecule has 264 valence electrons. The third-order valence-electron chi connectivity index (χ3n) is 11.4. The van der Waals surface area contributed by atoms with Crippen molar-refractivity contribution >= 4 is 55.0 Å². The van der Waals surface area contributed by atoms with Crippen LogP contribution in [0.4, 0.5) is 0 Å². The summed E-state index contributed by atoms with van der Waals surface area (Å²) in [6.45, 7) is 0. The van der Waals surface area contributed by atoms with Crippen LogP contribution in [-0.2, 0) is 0 Å². The zero-order valence-electron chi connectivity index (χ0n) is 30.7. The molecule has 0 N–H and O–H groups in total. The van der Waals surface area contributed by atoms with Crippen molar-refractivity contribution in [3.8, 4) is 44.5 Å². The van der Waals surface area contributed by atoms with Crippen molar-refractivity contribution in [2.24, 2.45) is 0 Å². The molecular formula is C54H36O2. The van der Waals surface area contributed by atoms with Gasteiger partial charge in [0.2, 0.25) is 0 Å². The number of rotatable bonds is 6. The van der Waals surface area contributed by atoms with E-state index in [-0.39, 0.29) is 0 Å². The maximum Gasteiger partial charge on any atom is 0.178 e. The van der Waals surface area contributed by atoms with Gasteiger partial charge in [-0.1, -0.05) is 140 Å². The molecule has 0 atom stereocenters. The van der Waals surface area contributed by atoms with Gasteiger partial charge in [0.25, 0.3) is 0 Å². The summed E-state index contributed by atoms with van der Waals surface area (Å²) < 4.78 is 13.1. The molecule has 0 saturated carbocycles. The van der Waals surface area contributed by atoms with Crippen LogP contribution >= 0.6 is 0 Å². The minimum absolute atomic E-state index is 0.788. The fraction of sp³-hybridized carbons (Fsp3) is 0.0370. The molecule has 8 aromatic carbocycles. The van der Waals surface area contributed by atoms with E-state index in [4.69, 9.17) is 8.83 Å². The molecule has 0 amide bonds. The van der Waals surface area contributed by atoms with Crippen molar-refractivity contribution in [2.75, 3.05) is 0 Å². The maximum absolute atomic E-state index is 6.58. The number of hydrogen-bond donors (Lipinski definition) is 0. The van der Waals surface area contributed by atoms with E-state index in [9.17, 15) is 0 Å². The molecule has 11 rings (SSSR count). The summed E-state index contributed by atoms with van der Waals surface area (Å²) >= 11 is 0. The normalized spacial score (nSPS) is 13.1. The Morgan fingerprint density at radius 1 is 0.321 bits per heavy atom. The number of benzene rings is 8. The Kier molecular flexibility index (Phi) is 7.67. The van der Waals surface area contributed by atoms with Crippen LogP contribution < -0.4 is 0 Å². The molecule has 0 aliphatic heterocycles. The molecule has 0 unspecified atom stereocenters. The monoisotopic (exact) mass is 716 g/mol. The smallest absolute Gasteiger partial charge is 0.178 e. The average molecular weight is 717 g/mol. The average Bonchev–Trinajstić information content (AvgIpc) is 3.85. The lowest BCUT2D eigenvalue weighted by Crippen LogP contribution is -1.93. The molecule has 2 heterocycles. The first-order valence-corrected chi connectivity index (χ1v) is 19.4. The lowest BCUT2D eigenvalue weighted by atomic mass is 9.89. The molecule has 2 nitrogen and oxygen atoms in total. The minimum Gasteiger partial charge on any atom is -0.452 e. The quantitative estimate of drug-likeness (QED) is 0.171. The second-order valence-electron chi connectivity index (χ2n) is 14.8. The van der Waals surface area contributed by atoms with Gasteiger partial charge in [-0.05, 0) is 134 Å². The van der Waals surface area contributed by atoms with Crippen LogP contribution in [-0.4, -0.2) is 0 Å². The Hall–Kier alpha value is -7.16. The van der Waals surface area contributed by atoms with Gasteiger partial charge in [0.1, 0.15) is 11.2 Å². The van der Waals surface area contributed by atoms with Gasteiger partial charge in [0, 0.05) is 21.5 Å². The second kappa shape index (κ2) is 13.3. The van der Waals surface area contributed by atoms with Crippen LogP contribution in [0.1, 0.15) is 24.0 Å². The molecular weight excluding hydrogens is 681 g/mol. The fourth-order valence-electron chi connectivity index (χ4n) is 8.47. The Labute approximate surface area is 325 Å². The molecule has 0 fully saturated rings. The van der Waals surface area contributed by atoms with Gasteiger partial charge in [0.05, 0.1) is 0 Å². The van der Waals surface area contributed by atoms with Crippen LogP contribution in [0.5, 0.6) is 0 Å². The molecule has 10 aromatic rings. The van der Waals surface area contributed by atoms with Crippen LogP contribution in [0.3, 0.4) is 0 Å². The van der Waals surface area contributed by atoms with Gasteiger partial charge in [-0.2, -0.15) is 0 Å². The molecule has 1 aliphatic rings. The van der Waals surface area contributed by atoms with Crippen molar-refractivity contribution in [3.63, 3.8) is 0 Å². The highest BCUT2D eigenvalue weighted by molar-refractivity contribution is 6.19. The van der Waals surface area contributed by atoms with E-state index < -0.39 is 0 Å². The Bertz CT molecular complexity index is 3170. The maximum atomic E-state index is 6.58. The number of allylic oxidation sites excluding steroid dienone is 4. The lowest BCUT2D eigenvalue weighted by molar-refractivity contribution is 0.633. The summed E-state index contributed by atoms with van der Waals surface area (Å²) in [6.07, 6.45) is 6.76. The van der Waals surface area contributed by atoms with Gasteiger partial charge in [-0.25, -0.2) is 0 Å². The zero-order valence-corrected chi connectivity index (χ0v) is 30.7. The highest BCUT2D eigenvalue weighted by Gasteiger charge is 2.18. The Morgan fingerprint density at radius 3 is 1.30 bits per heavy atom. The van der Waals surface area contributed by atoms with Crippen molar-refractivity contribution in [3.05, 3.63) is 205 Å². The molecule has 0 bridgehead atoms. The van der Waals surface area contributed by atoms with Gasteiger partial charge >= 0.3 is 0 Å². The number of hydrogen-bond acceptors (Lipinski definition) is 2. The molecule has 56 heavy (non-hydrogen) atoms. The van der Waals surface area contributed by atoms with Crippen LogP contribution in [0.15, 0.2) is 203 Å². The summed E-state index contributed by atoms with van der Waals surface area (Å²) in [5.41, 5.74) is 18.0. The third-order valence-corrected chi connectivity index (χ3v) is 11.4. The molecule has 2 heteroatoms. The van der Waals surface area contributed by atoms with Crippen LogP contribution in [0.25, 0.3) is 99.5 Å². The summed E-state index contributed by atoms with van der Waals surface area (Å²) in [4.78, 5) is 0. The van der Waals surface area contributed by atoms with Gasteiger partial charge in [-0.3, -0.25) is 0 Å². The fourth-order valence-corrected chi connectivity index (χ4v) is 8.47. The molecule has 1 aliphatic carbocycles. The molecule has 0 radical (unpaired) electrons. The van der Waals surface area contributed by atoms with E-state index in [0.717, 1.165) is 62.3 Å². The van der Waals surface area contributed by atoms with Gasteiger partial charge in [0.15, 0.2) is 11.2 Å². The summed E-state index contributed by atoms with van der Waals surface area (Å²) in [6, 6.07) is 65.1. The van der Waals surface area contributed by atoms with E-state index >= 15 is 0 Å². The summed E-state index contributed by atoms with van der Waals surface area (Å²) in [7, 11) is 0. The largest absolute Gasteiger partial charge is 0.452 e. The van der Waals surface area contributed by atoms with Crippen molar-refractivity contribution in [2.45, 2.75) is 12.8 Å².